The van der Waals surface area contributed by atoms with Crippen molar-refractivity contribution in [2.45, 2.75) is 31.0 Å². The number of amides is 1. The minimum atomic E-state index is -2.52. The maximum Gasteiger partial charge on any atom is 0.230 e. The van der Waals surface area contributed by atoms with Crippen LogP contribution in [0.4, 0.5) is 0 Å². The molecular formula is C23H21N3O7. The number of phenols is 1. The zero-order valence-electron chi connectivity index (χ0n) is 17.3. The van der Waals surface area contributed by atoms with Crippen LogP contribution >= 0.6 is 0 Å². The van der Waals surface area contributed by atoms with Crippen LogP contribution in [0.2, 0.25) is 0 Å². The molecular weight excluding hydrogens is 430 g/mol. The van der Waals surface area contributed by atoms with E-state index in [1.807, 2.05) is 0 Å². The number of aliphatic hydroxyl groups is 3. The molecule has 0 aliphatic heterocycles. The molecule has 5 atom stereocenters. The van der Waals surface area contributed by atoms with E-state index in [2.05, 4.69) is 9.97 Å². The summed E-state index contributed by atoms with van der Waals surface area (Å²) < 4.78 is 0. The second kappa shape index (κ2) is 7.19. The third-order valence-electron chi connectivity index (χ3n) is 7.08. The largest absolute Gasteiger partial charge is 0.508 e. The summed E-state index contributed by atoms with van der Waals surface area (Å²) in [6, 6.07) is 4.58. The molecule has 1 aromatic carbocycles. The topological polar surface area (TPSA) is 184 Å². The molecule has 1 amide bonds. The van der Waals surface area contributed by atoms with Gasteiger partial charge in [-0.15, -0.1) is 0 Å². The first-order valence-electron chi connectivity index (χ1n) is 10.5. The van der Waals surface area contributed by atoms with E-state index in [0.717, 1.165) is 0 Å². The predicted molar refractivity (Wildman–Crippen MR) is 112 cm³/mol. The van der Waals surface area contributed by atoms with Crippen molar-refractivity contribution in [3.05, 3.63) is 53.1 Å². The van der Waals surface area contributed by atoms with Gasteiger partial charge in [-0.25, -0.2) is 9.97 Å². The smallest absolute Gasteiger partial charge is 0.230 e. The quantitative estimate of drug-likeness (QED) is 0.398. The molecule has 1 aromatic heterocycles. The summed E-state index contributed by atoms with van der Waals surface area (Å²) in [5.74, 6) is -7.00. The predicted octanol–water partition coefficient (Wildman–Crippen LogP) is 0.202. The number of allylic oxidation sites excluding steroid dienone is 1. The van der Waals surface area contributed by atoms with E-state index in [0.29, 0.717) is 17.0 Å². The van der Waals surface area contributed by atoms with Crippen LogP contribution in [0.1, 0.15) is 28.8 Å². The molecule has 0 radical (unpaired) electrons. The summed E-state index contributed by atoms with van der Waals surface area (Å²) in [5.41, 5.74) is 3.52. The third kappa shape index (κ3) is 2.84. The van der Waals surface area contributed by atoms with E-state index < -0.39 is 52.7 Å². The molecule has 3 aliphatic carbocycles. The molecule has 3 aliphatic rings. The number of Topliss-reactive ketones (excluding diaryl/α,β-unsaturated/α-hetero) is 2. The number of fused-ring (bicyclic) bond motifs is 3. The molecule has 1 heterocycles. The first-order chi connectivity index (χ1) is 15.7. The standard InChI is InChI=1S/C23H21N3O7/c24-21(32)17-14(28)8-10-6-9-7-12-11(22-25-4-1-5-26-22)2-3-13(27)16(12)18(29)15(9)19(30)23(10,33)20(17)31/h1-5,9-10,14,17,27-28,30,33H,6-8H2,(H2,24,32)/t9-,10+,14?,17?,23+/m1/s1. The average molecular weight is 451 g/mol. The maximum atomic E-state index is 13.5. The Morgan fingerprint density at radius 2 is 1.82 bits per heavy atom. The molecule has 0 bridgehead atoms. The Hall–Kier alpha value is -3.63. The van der Waals surface area contributed by atoms with Crippen molar-refractivity contribution in [2.24, 2.45) is 23.5 Å². The van der Waals surface area contributed by atoms with Crippen molar-refractivity contribution in [1.82, 2.24) is 9.97 Å². The van der Waals surface area contributed by atoms with Gasteiger partial charge in [-0.2, -0.15) is 0 Å². The minimum absolute atomic E-state index is 0.0606. The Bertz CT molecular complexity index is 1240. The van der Waals surface area contributed by atoms with Crippen LogP contribution in [0.5, 0.6) is 5.75 Å². The fourth-order valence-electron chi connectivity index (χ4n) is 5.57. The molecule has 1 fully saturated rings. The van der Waals surface area contributed by atoms with Gasteiger partial charge in [0.2, 0.25) is 5.91 Å². The number of aliphatic hydroxyl groups excluding tert-OH is 2. The Morgan fingerprint density at radius 3 is 2.48 bits per heavy atom. The van der Waals surface area contributed by atoms with Crippen LogP contribution in [-0.4, -0.2) is 59.6 Å². The lowest BCUT2D eigenvalue weighted by molar-refractivity contribution is -0.167. The summed E-state index contributed by atoms with van der Waals surface area (Å²) in [7, 11) is 0. The van der Waals surface area contributed by atoms with Crippen molar-refractivity contribution in [1.29, 1.82) is 0 Å². The normalized spacial score (nSPS) is 31.0. The van der Waals surface area contributed by atoms with Gasteiger partial charge in [0.25, 0.3) is 0 Å². The number of primary amides is 1. The van der Waals surface area contributed by atoms with Crippen molar-refractivity contribution in [3.8, 4) is 17.1 Å². The lowest BCUT2D eigenvalue weighted by Crippen LogP contribution is -2.63. The van der Waals surface area contributed by atoms with Crippen LogP contribution in [0, 0.1) is 17.8 Å². The van der Waals surface area contributed by atoms with E-state index in [4.69, 9.17) is 5.73 Å². The molecule has 33 heavy (non-hydrogen) atoms. The highest BCUT2D eigenvalue weighted by atomic mass is 16.3. The van der Waals surface area contributed by atoms with Gasteiger partial charge in [0, 0.05) is 29.4 Å². The van der Waals surface area contributed by atoms with Crippen LogP contribution in [0.25, 0.3) is 11.4 Å². The van der Waals surface area contributed by atoms with Gasteiger partial charge in [0.15, 0.2) is 23.0 Å². The number of aromatic nitrogens is 2. The molecule has 10 heteroatoms. The fraction of sp³-hybridized carbons (Fsp3) is 0.348. The highest BCUT2D eigenvalue weighted by Crippen LogP contribution is 2.52. The molecule has 170 valence electrons. The first-order valence-corrected chi connectivity index (χ1v) is 10.5. The van der Waals surface area contributed by atoms with Crippen LogP contribution < -0.4 is 5.73 Å². The summed E-state index contributed by atoms with van der Waals surface area (Å²) in [6.07, 6.45) is 1.85. The lowest BCUT2D eigenvalue weighted by atomic mass is 9.57. The molecule has 1 saturated carbocycles. The number of ketones is 2. The summed E-state index contributed by atoms with van der Waals surface area (Å²) >= 11 is 0. The molecule has 0 spiro atoms. The number of rotatable bonds is 2. The van der Waals surface area contributed by atoms with Gasteiger partial charge in [-0.1, -0.05) is 0 Å². The number of hydrogen-bond acceptors (Lipinski definition) is 9. The third-order valence-corrected chi connectivity index (χ3v) is 7.08. The van der Waals surface area contributed by atoms with E-state index in [1.165, 1.54) is 6.07 Å². The van der Waals surface area contributed by atoms with Crippen LogP contribution in [0.3, 0.4) is 0 Å². The number of carbonyl (C=O) groups excluding carboxylic acids is 3. The number of aromatic hydroxyl groups is 1. The summed E-state index contributed by atoms with van der Waals surface area (Å²) in [6.45, 7) is 0. The van der Waals surface area contributed by atoms with E-state index in [1.54, 1.807) is 24.5 Å². The van der Waals surface area contributed by atoms with Crippen molar-refractivity contribution >= 4 is 17.5 Å². The van der Waals surface area contributed by atoms with Gasteiger partial charge in [-0.3, -0.25) is 14.4 Å². The number of carbonyl (C=O) groups is 3. The molecule has 6 N–H and O–H groups in total. The van der Waals surface area contributed by atoms with Crippen molar-refractivity contribution in [2.75, 3.05) is 0 Å². The lowest BCUT2D eigenvalue weighted by Gasteiger charge is -2.48. The Balaban J connectivity index is 1.68. The average Bonchev–Trinajstić information content (AvgIpc) is 2.76. The molecule has 10 nitrogen and oxygen atoms in total. The molecule has 5 rings (SSSR count). The van der Waals surface area contributed by atoms with Gasteiger partial charge in [-0.05, 0) is 48.9 Å². The SMILES string of the molecule is NC(=O)C1C(=O)[C@@]2(O)C(O)=C3C(=O)c4c(O)ccc(-c5ncccn5)c4C[C@H]3C[C@H]2CC1O. The first kappa shape index (κ1) is 21.2. The Labute approximate surface area is 187 Å². The van der Waals surface area contributed by atoms with Crippen LogP contribution in [-0.2, 0) is 16.0 Å². The van der Waals surface area contributed by atoms with Gasteiger partial charge < -0.3 is 26.2 Å². The summed E-state index contributed by atoms with van der Waals surface area (Å²) in [4.78, 5) is 46.7. The van der Waals surface area contributed by atoms with Gasteiger partial charge in [0.1, 0.15) is 17.4 Å². The number of nitrogens with zero attached hydrogens (tertiary/aromatic N) is 2. The Morgan fingerprint density at radius 1 is 1.12 bits per heavy atom. The van der Waals surface area contributed by atoms with Crippen molar-refractivity contribution in [3.63, 3.8) is 0 Å². The molecule has 2 unspecified atom stereocenters. The molecule has 0 saturated heterocycles. The van der Waals surface area contributed by atoms with Gasteiger partial charge in [0.05, 0.1) is 11.7 Å². The zero-order valence-corrected chi connectivity index (χ0v) is 17.3. The highest BCUT2D eigenvalue weighted by molar-refractivity contribution is 6.16. The van der Waals surface area contributed by atoms with E-state index in [9.17, 15) is 34.8 Å². The Kier molecular flexibility index (Phi) is 4.62. The number of nitrogens with two attached hydrogens (primary N) is 1. The monoisotopic (exact) mass is 451 g/mol. The number of phenolic OH excluding ortho intramolecular Hbond substituents is 1. The summed E-state index contributed by atoms with van der Waals surface area (Å²) in [5, 5.41) is 43.1. The minimum Gasteiger partial charge on any atom is -0.508 e. The highest BCUT2D eigenvalue weighted by Gasteiger charge is 2.62. The fourth-order valence-corrected chi connectivity index (χ4v) is 5.57. The zero-order chi connectivity index (χ0) is 23.7. The van der Waals surface area contributed by atoms with E-state index >= 15 is 0 Å². The second-order valence-electron chi connectivity index (χ2n) is 8.80. The van der Waals surface area contributed by atoms with Crippen LogP contribution in [0.15, 0.2) is 41.9 Å². The van der Waals surface area contributed by atoms with Gasteiger partial charge >= 0.3 is 0 Å². The maximum absolute atomic E-state index is 13.5. The number of hydrogen-bond donors (Lipinski definition) is 5. The second-order valence-corrected chi connectivity index (χ2v) is 8.80. The molecule has 2 aromatic rings. The van der Waals surface area contributed by atoms with E-state index in [-0.39, 0.29) is 36.1 Å². The number of benzene rings is 1. The van der Waals surface area contributed by atoms with Crippen molar-refractivity contribution < 1.29 is 34.8 Å².